The van der Waals surface area contributed by atoms with Crippen molar-refractivity contribution in [1.82, 2.24) is 0 Å². The van der Waals surface area contributed by atoms with Crippen molar-refractivity contribution >= 4 is 5.78 Å². The number of hydrogen-bond acceptors (Lipinski definition) is 1. The van der Waals surface area contributed by atoms with Crippen LogP contribution in [0.1, 0.15) is 110 Å². The van der Waals surface area contributed by atoms with E-state index in [0.29, 0.717) is 0 Å². The van der Waals surface area contributed by atoms with Crippen LogP contribution in [0, 0.1) is 34.5 Å². The van der Waals surface area contributed by atoms with E-state index in [-0.39, 0.29) is 10.8 Å². The van der Waals surface area contributed by atoms with Crippen LogP contribution in [0.5, 0.6) is 0 Å². The number of Topliss-reactive ketones (excluding diaryl/α,β-unsaturated/α-hetero) is 1. The fourth-order valence-electron chi connectivity index (χ4n) is 7.42. The first-order valence-corrected chi connectivity index (χ1v) is 11.6. The maximum atomic E-state index is 13.3. The third kappa shape index (κ3) is 3.23. The van der Waals surface area contributed by atoms with E-state index in [2.05, 4.69) is 13.8 Å². The van der Waals surface area contributed by atoms with Gasteiger partial charge in [-0.25, -0.2) is 0 Å². The Morgan fingerprint density at radius 1 is 0.800 bits per heavy atom. The standard InChI is InChI=1S/C24H40O/c1-3-4-19-9-13-23(14-10-19)17-24(22(23)25)15-11-21(12-16-24)20-7-5-18(2)6-8-20/h18-21H,3-17H2,1-2H3. The Morgan fingerprint density at radius 2 is 1.32 bits per heavy atom. The van der Waals surface area contributed by atoms with Gasteiger partial charge in [-0.1, -0.05) is 39.5 Å². The lowest BCUT2D eigenvalue weighted by molar-refractivity contribution is -0.169. The number of ketones is 1. The lowest BCUT2D eigenvalue weighted by atomic mass is 9.43. The number of rotatable bonds is 3. The minimum Gasteiger partial charge on any atom is -0.298 e. The second-order valence-electron chi connectivity index (χ2n) is 10.7. The number of hydrogen-bond donors (Lipinski definition) is 0. The lowest BCUT2D eigenvalue weighted by Crippen LogP contribution is -2.59. The Balaban J connectivity index is 1.29. The first-order valence-electron chi connectivity index (χ1n) is 11.6. The second-order valence-corrected chi connectivity index (χ2v) is 10.7. The highest BCUT2D eigenvalue weighted by Crippen LogP contribution is 2.64. The van der Waals surface area contributed by atoms with Gasteiger partial charge in [-0.2, -0.15) is 0 Å². The van der Waals surface area contributed by atoms with Crippen LogP contribution in [0.4, 0.5) is 0 Å². The SMILES string of the molecule is CCCC1CCC2(CC1)CC1(CCC(C3CCC(C)CC3)CC1)C2=O. The molecule has 0 aromatic heterocycles. The molecule has 4 fully saturated rings. The van der Waals surface area contributed by atoms with E-state index in [9.17, 15) is 4.79 Å². The molecule has 4 aliphatic carbocycles. The molecule has 4 rings (SSSR count). The zero-order valence-electron chi connectivity index (χ0n) is 16.8. The maximum absolute atomic E-state index is 13.3. The molecule has 142 valence electrons. The van der Waals surface area contributed by atoms with Gasteiger partial charge in [0.1, 0.15) is 5.78 Å². The molecule has 0 radical (unpaired) electrons. The van der Waals surface area contributed by atoms with Crippen molar-refractivity contribution in [3.05, 3.63) is 0 Å². The summed E-state index contributed by atoms with van der Waals surface area (Å²) >= 11 is 0. The molecule has 0 aromatic carbocycles. The fraction of sp³-hybridized carbons (Fsp3) is 0.958. The van der Waals surface area contributed by atoms with Crippen molar-refractivity contribution in [3.63, 3.8) is 0 Å². The fourth-order valence-corrected chi connectivity index (χ4v) is 7.42. The van der Waals surface area contributed by atoms with Crippen LogP contribution < -0.4 is 0 Å². The van der Waals surface area contributed by atoms with E-state index in [0.717, 1.165) is 29.5 Å². The first-order chi connectivity index (χ1) is 12.1. The minimum atomic E-state index is 0.149. The summed E-state index contributed by atoms with van der Waals surface area (Å²) in [5, 5.41) is 0. The van der Waals surface area contributed by atoms with Crippen LogP contribution in [0.15, 0.2) is 0 Å². The normalized spacial score (nSPS) is 47.8. The summed E-state index contributed by atoms with van der Waals surface area (Å²) in [6, 6.07) is 0. The van der Waals surface area contributed by atoms with Crippen LogP contribution >= 0.6 is 0 Å². The quantitative estimate of drug-likeness (QED) is 0.542. The summed E-state index contributed by atoms with van der Waals surface area (Å²) in [5.74, 6) is 4.54. The molecule has 0 heterocycles. The van der Waals surface area contributed by atoms with E-state index in [4.69, 9.17) is 0 Å². The molecule has 4 aliphatic rings. The smallest absolute Gasteiger partial charge is 0.145 e. The lowest BCUT2D eigenvalue weighted by Gasteiger charge is -2.59. The predicted molar refractivity (Wildman–Crippen MR) is 104 cm³/mol. The molecule has 0 amide bonds. The molecule has 1 heteroatoms. The summed E-state index contributed by atoms with van der Waals surface area (Å²) in [4.78, 5) is 13.3. The van der Waals surface area contributed by atoms with E-state index < -0.39 is 0 Å². The summed E-state index contributed by atoms with van der Waals surface area (Å²) in [6.45, 7) is 4.73. The van der Waals surface area contributed by atoms with Gasteiger partial charge in [-0.05, 0) is 94.3 Å². The predicted octanol–water partition coefficient (Wildman–Crippen LogP) is 6.94. The van der Waals surface area contributed by atoms with Gasteiger partial charge < -0.3 is 0 Å². The van der Waals surface area contributed by atoms with E-state index >= 15 is 0 Å². The van der Waals surface area contributed by atoms with Gasteiger partial charge in [-0.3, -0.25) is 4.79 Å². The van der Waals surface area contributed by atoms with Crippen molar-refractivity contribution in [2.75, 3.05) is 0 Å². The molecule has 0 bridgehead atoms. The number of carbonyl (C=O) groups excluding carboxylic acids is 1. The van der Waals surface area contributed by atoms with Crippen molar-refractivity contribution in [2.24, 2.45) is 34.5 Å². The average Bonchev–Trinajstić information content (AvgIpc) is 2.65. The van der Waals surface area contributed by atoms with Crippen LogP contribution in [-0.4, -0.2) is 5.78 Å². The molecule has 25 heavy (non-hydrogen) atoms. The van der Waals surface area contributed by atoms with Crippen molar-refractivity contribution in [2.45, 2.75) is 110 Å². The Morgan fingerprint density at radius 3 is 1.84 bits per heavy atom. The summed E-state index contributed by atoms with van der Waals surface area (Å²) in [6.07, 6.45) is 20.1. The van der Waals surface area contributed by atoms with E-state index in [1.165, 1.54) is 96.3 Å². The summed E-state index contributed by atoms with van der Waals surface area (Å²) in [7, 11) is 0. The highest BCUT2D eigenvalue weighted by Gasteiger charge is 2.63. The van der Waals surface area contributed by atoms with Gasteiger partial charge >= 0.3 is 0 Å². The largest absolute Gasteiger partial charge is 0.298 e. The highest BCUT2D eigenvalue weighted by atomic mass is 16.1. The van der Waals surface area contributed by atoms with Crippen LogP contribution in [0.25, 0.3) is 0 Å². The molecule has 0 unspecified atom stereocenters. The summed E-state index contributed by atoms with van der Waals surface area (Å²) in [5.41, 5.74) is 0.299. The molecule has 4 saturated carbocycles. The van der Waals surface area contributed by atoms with Gasteiger partial charge in [-0.15, -0.1) is 0 Å². The third-order valence-electron chi connectivity index (χ3n) is 9.11. The zero-order valence-corrected chi connectivity index (χ0v) is 16.8. The molecule has 0 saturated heterocycles. The molecule has 2 spiro atoms. The van der Waals surface area contributed by atoms with Crippen molar-refractivity contribution < 1.29 is 4.79 Å². The van der Waals surface area contributed by atoms with E-state index in [1.54, 1.807) is 0 Å². The van der Waals surface area contributed by atoms with Gasteiger partial charge in [0, 0.05) is 10.8 Å². The first kappa shape index (κ1) is 18.1. The topological polar surface area (TPSA) is 17.1 Å². The van der Waals surface area contributed by atoms with Crippen LogP contribution in [0.2, 0.25) is 0 Å². The zero-order chi connectivity index (χ0) is 17.5. The minimum absolute atomic E-state index is 0.149. The molecule has 0 aromatic rings. The number of carbonyl (C=O) groups is 1. The Hall–Kier alpha value is -0.330. The van der Waals surface area contributed by atoms with Crippen molar-refractivity contribution in [3.8, 4) is 0 Å². The van der Waals surface area contributed by atoms with Gasteiger partial charge in [0.25, 0.3) is 0 Å². The van der Waals surface area contributed by atoms with Gasteiger partial charge in [0.05, 0.1) is 0 Å². The molecule has 0 atom stereocenters. The second kappa shape index (κ2) is 7.01. The van der Waals surface area contributed by atoms with Gasteiger partial charge in [0.15, 0.2) is 0 Å². The average molecular weight is 345 g/mol. The van der Waals surface area contributed by atoms with E-state index in [1.807, 2.05) is 0 Å². The van der Waals surface area contributed by atoms with Crippen LogP contribution in [0.3, 0.4) is 0 Å². The molecule has 1 nitrogen and oxygen atoms in total. The Labute approximate surface area is 155 Å². The Kier molecular flexibility index (Phi) is 5.06. The van der Waals surface area contributed by atoms with Gasteiger partial charge in [0.2, 0.25) is 0 Å². The van der Waals surface area contributed by atoms with Crippen LogP contribution in [-0.2, 0) is 4.79 Å². The molecule has 0 aliphatic heterocycles. The third-order valence-corrected chi connectivity index (χ3v) is 9.11. The maximum Gasteiger partial charge on any atom is 0.145 e. The molecular formula is C24H40O. The summed E-state index contributed by atoms with van der Waals surface area (Å²) < 4.78 is 0. The molecule has 0 N–H and O–H groups in total. The monoisotopic (exact) mass is 344 g/mol. The van der Waals surface area contributed by atoms with Crippen molar-refractivity contribution in [1.29, 1.82) is 0 Å². The molecular weight excluding hydrogens is 304 g/mol. The highest BCUT2D eigenvalue weighted by molar-refractivity contribution is 5.96. The Bertz CT molecular complexity index is 468.